The Labute approximate surface area is 87.1 Å². The van der Waals surface area contributed by atoms with Crippen LogP contribution in [0.1, 0.15) is 27.7 Å². The Morgan fingerprint density at radius 3 is 0.769 bits per heavy atom. The fourth-order valence-electron chi connectivity index (χ4n) is 0. The number of Topliss-reactive ketones (excluding diaryl/α,β-unsaturated/α-hetero) is 1. The molecule has 0 atom stereocenters. The molecule has 13 heavy (non-hydrogen) atoms. The van der Waals surface area contributed by atoms with Gasteiger partial charge in [0.15, 0.2) is 0 Å². The van der Waals surface area contributed by atoms with E-state index in [0.717, 1.165) is 13.8 Å². The Kier molecular flexibility index (Phi) is 30.2. The summed E-state index contributed by atoms with van der Waals surface area (Å²) in [6, 6.07) is 0. The molecule has 0 aliphatic carbocycles. The molecule has 0 unspecified atom stereocenters. The SMILES string of the molecule is CC(=O)[O-].CC(=O)[O-].CC(C)=O.[Ni+2]. The maximum absolute atomic E-state index is 9.44. The third-order valence-electron chi connectivity index (χ3n) is 0. The van der Waals surface area contributed by atoms with Gasteiger partial charge in [-0.1, -0.05) is 0 Å². The normalized spacial score (nSPS) is 5.85. The van der Waals surface area contributed by atoms with Gasteiger partial charge in [0, 0.05) is 11.9 Å². The minimum absolute atomic E-state index is 0. The van der Waals surface area contributed by atoms with Crippen molar-refractivity contribution >= 4 is 17.7 Å². The average molecular weight is 235 g/mol. The molecule has 0 saturated carbocycles. The molecule has 0 heterocycles. The monoisotopic (exact) mass is 234 g/mol. The molecule has 6 heteroatoms. The summed E-state index contributed by atoms with van der Waals surface area (Å²) < 4.78 is 0. The summed E-state index contributed by atoms with van der Waals surface area (Å²) in [5, 5.41) is 17.8. The van der Waals surface area contributed by atoms with E-state index < -0.39 is 11.9 Å². The summed E-state index contributed by atoms with van der Waals surface area (Å²) in [5.41, 5.74) is 0. The molecule has 80 valence electrons. The van der Waals surface area contributed by atoms with Crippen LogP contribution in [0.3, 0.4) is 0 Å². The van der Waals surface area contributed by atoms with Crippen molar-refractivity contribution in [2.45, 2.75) is 27.7 Å². The van der Waals surface area contributed by atoms with Crippen LogP contribution in [0.25, 0.3) is 0 Å². The maximum Gasteiger partial charge on any atom is 2.00 e. The Hall–Kier alpha value is -0.896. The Morgan fingerprint density at radius 2 is 0.769 bits per heavy atom. The number of rotatable bonds is 0. The van der Waals surface area contributed by atoms with E-state index in [2.05, 4.69) is 0 Å². The first-order valence-electron chi connectivity index (χ1n) is 3.02. The van der Waals surface area contributed by atoms with E-state index in [0.29, 0.717) is 0 Å². The van der Waals surface area contributed by atoms with E-state index in [1.165, 1.54) is 13.8 Å². The first kappa shape index (κ1) is 22.7. The van der Waals surface area contributed by atoms with Gasteiger partial charge >= 0.3 is 16.5 Å². The molecule has 0 aliphatic heterocycles. The molecular formula is C7H12NiO5. The van der Waals surface area contributed by atoms with Crippen LogP contribution in [-0.4, -0.2) is 17.7 Å². The molecule has 0 radical (unpaired) electrons. The molecule has 0 rings (SSSR count). The zero-order chi connectivity index (χ0) is 10.7. The van der Waals surface area contributed by atoms with Gasteiger partial charge in [0.1, 0.15) is 5.78 Å². The van der Waals surface area contributed by atoms with E-state index in [1.54, 1.807) is 0 Å². The number of carbonyl (C=O) groups excluding carboxylic acids is 3. The van der Waals surface area contributed by atoms with Crippen LogP contribution in [0.5, 0.6) is 0 Å². The minimum atomic E-state index is -1.08. The van der Waals surface area contributed by atoms with Crippen molar-refractivity contribution in [2.75, 3.05) is 0 Å². The second-order valence-corrected chi connectivity index (χ2v) is 1.89. The summed E-state index contributed by atoms with van der Waals surface area (Å²) in [7, 11) is 0. The molecule has 0 N–H and O–H groups in total. The van der Waals surface area contributed by atoms with E-state index in [9.17, 15) is 4.79 Å². The fraction of sp³-hybridized carbons (Fsp3) is 0.571. The molecule has 0 saturated heterocycles. The van der Waals surface area contributed by atoms with Crippen molar-refractivity contribution in [1.29, 1.82) is 0 Å². The fourth-order valence-corrected chi connectivity index (χ4v) is 0. The molecule has 0 aromatic heterocycles. The zero-order valence-corrected chi connectivity index (χ0v) is 8.85. The van der Waals surface area contributed by atoms with E-state index in [1.807, 2.05) is 0 Å². The van der Waals surface area contributed by atoms with Crippen molar-refractivity contribution in [3.63, 3.8) is 0 Å². The number of carboxylic acids is 2. The van der Waals surface area contributed by atoms with E-state index in [4.69, 9.17) is 19.8 Å². The minimum Gasteiger partial charge on any atom is -0.550 e. The van der Waals surface area contributed by atoms with Gasteiger partial charge in [-0.05, 0) is 27.7 Å². The van der Waals surface area contributed by atoms with Gasteiger partial charge < -0.3 is 24.6 Å². The van der Waals surface area contributed by atoms with Crippen molar-refractivity contribution in [2.24, 2.45) is 0 Å². The summed E-state index contributed by atoms with van der Waals surface area (Å²) in [4.78, 5) is 27.2. The quantitative estimate of drug-likeness (QED) is 0.457. The number of aliphatic carboxylic acids is 2. The molecule has 0 aliphatic rings. The molecule has 0 amide bonds. The van der Waals surface area contributed by atoms with Crippen LogP contribution in [0.15, 0.2) is 0 Å². The van der Waals surface area contributed by atoms with Gasteiger partial charge in [-0.25, -0.2) is 0 Å². The van der Waals surface area contributed by atoms with Gasteiger partial charge in [0.25, 0.3) is 0 Å². The van der Waals surface area contributed by atoms with E-state index in [-0.39, 0.29) is 22.3 Å². The van der Waals surface area contributed by atoms with Crippen LogP contribution in [-0.2, 0) is 30.9 Å². The van der Waals surface area contributed by atoms with Crippen molar-refractivity contribution in [3.05, 3.63) is 0 Å². The van der Waals surface area contributed by atoms with Gasteiger partial charge in [-0.3, -0.25) is 0 Å². The van der Waals surface area contributed by atoms with Gasteiger partial charge in [-0.15, -0.1) is 0 Å². The average Bonchev–Trinajstić information content (AvgIpc) is 1.54. The van der Waals surface area contributed by atoms with Gasteiger partial charge in [-0.2, -0.15) is 0 Å². The Morgan fingerprint density at radius 1 is 0.769 bits per heavy atom. The molecule has 0 aromatic rings. The van der Waals surface area contributed by atoms with Crippen LogP contribution in [0.2, 0.25) is 0 Å². The number of carboxylic acid groups (broad SMARTS) is 2. The van der Waals surface area contributed by atoms with Crippen molar-refractivity contribution in [1.82, 2.24) is 0 Å². The third kappa shape index (κ3) is 1140. The molecule has 0 aromatic carbocycles. The number of ketones is 1. The van der Waals surface area contributed by atoms with Crippen LogP contribution in [0.4, 0.5) is 0 Å². The second kappa shape index (κ2) is 17.3. The maximum atomic E-state index is 9.44. The summed E-state index contributed by atoms with van der Waals surface area (Å²) in [5.74, 6) is -2.00. The number of hydrogen-bond acceptors (Lipinski definition) is 5. The first-order valence-corrected chi connectivity index (χ1v) is 3.02. The molecule has 0 fully saturated rings. The molecule has 5 nitrogen and oxygen atoms in total. The predicted octanol–water partition coefficient (Wildman–Crippen LogP) is -1.89. The summed E-state index contributed by atoms with van der Waals surface area (Å²) in [6.45, 7) is 5.00. The van der Waals surface area contributed by atoms with Crippen LogP contribution in [0, 0.1) is 0 Å². The Balaban J connectivity index is -0.0000000450. The Bertz CT molecular complexity index is 114. The number of carbonyl (C=O) groups is 3. The standard InChI is InChI=1S/C3H6O.2C2H4O2.Ni/c1-3(2)4;2*1-2(3)4;/h1-2H3;2*1H3,(H,3,4);/q;;;+2/p-2. The first-order chi connectivity index (χ1) is 5.20. The largest absolute Gasteiger partial charge is 2.00 e. The predicted molar refractivity (Wildman–Crippen MR) is 37.7 cm³/mol. The van der Waals surface area contributed by atoms with Crippen LogP contribution >= 0.6 is 0 Å². The molecule has 0 bridgehead atoms. The third-order valence-corrected chi connectivity index (χ3v) is 0. The van der Waals surface area contributed by atoms with Gasteiger partial charge in [0.2, 0.25) is 0 Å². The smallest absolute Gasteiger partial charge is 0.550 e. The molecular weight excluding hydrogens is 223 g/mol. The zero-order valence-electron chi connectivity index (χ0n) is 7.86. The van der Waals surface area contributed by atoms with Gasteiger partial charge in [0.05, 0.1) is 0 Å². The topological polar surface area (TPSA) is 97.3 Å². The van der Waals surface area contributed by atoms with E-state index >= 15 is 0 Å². The van der Waals surface area contributed by atoms with Crippen molar-refractivity contribution in [3.8, 4) is 0 Å². The van der Waals surface area contributed by atoms with Crippen LogP contribution < -0.4 is 10.2 Å². The molecule has 0 spiro atoms. The summed E-state index contributed by atoms with van der Waals surface area (Å²) >= 11 is 0. The van der Waals surface area contributed by atoms with Crippen molar-refractivity contribution < 1.29 is 41.1 Å². The number of hydrogen-bond donors (Lipinski definition) is 0. The second-order valence-electron chi connectivity index (χ2n) is 1.89. The summed E-state index contributed by atoms with van der Waals surface area (Å²) in [6.07, 6.45) is 0.